The summed E-state index contributed by atoms with van der Waals surface area (Å²) in [4.78, 5) is 0.185. The Morgan fingerprint density at radius 3 is 2.52 bits per heavy atom. The third kappa shape index (κ3) is 4.06. The normalized spacial score (nSPS) is 11.6. The minimum atomic E-state index is -3.62. The molecule has 0 spiro atoms. The maximum Gasteiger partial charge on any atom is 0.241 e. The van der Waals surface area contributed by atoms with E-state index in [4.69, 9.17) is 5.73 Å². The van der Waals surface area contributed by atoms with Gasteiger partial charge in [0.1, 0.15) is 0 Å². The molecule has 0 heterocycles. The lowest BCUT2D eigenvalue weighted by atomic mass is 10.2. The molecule has 0 bridgehead atoms. The van der Waals surface area contributed by atoms with Crippen LogP contribution < -0.4 is 10.5 Å². The molecule has 0 aliphatic rings. The molecule has 2 aromatic carbocycles. The van der Waals surface area contributed by atoms with Crippen molar-refractivity contribution in [3.8, 4) is 0 Å². The summed E-state index contributed by atoms with van der Waals surface area (Å²) in [6.45, 7) is 1.91. The largest absolute Gasteiger partial charge is 0.398 e. The molecule has 21 heavy (non-hydrogen) atoms. The quantitative estimate of drug-likeness (QED) is 0.723. The summed E-state index contributed by atoms with van der Waals surface area (Å²) in [5.41, 5.74) is 7.66. The zero-order valence-electron chi connectivity index (χ0n) is 11.2. The van der Waals surface area contributed by atoms with E-state index in [1.54, 1.807) is 19.1 Å². The van der Waals surface area contributed by atoms with Gasteiger partial charge in [0.15, 0.2) is 0 Å². The first-order chi connectivity index (χ1) is 9.79. The Labute approximate surface area is 141 Å². The van der Waals surface area contributed by atoms with Gasteiger partial charge in [0.2, 0.25) is 10.0 Å². The van der Waals surface area contributed by atoms with Gasteiger partial charge in [0, 0.05) is 21.2 Å². The lowest BCUT2D eigenvalue weighted by Crippen LogP contribution is -2.24. The van der Waals surface area contributed by atoms with Crippen LogP contribution in [0.15, 0.2) is 50.2 Å². The van der Waals surface area contributed by atoms with Crippen molar-refractivity contribution in [3.63, 3.8) is 0 Å². The molecule has 0 amide bonds. The summed E-state index contributed by atoms with van der Waals surface area (Å²) < 4.78 is 29.0. The van der Waals surface area contributed by atoms with Crippen LogP contribution in [-0.4, -0.2) is 8.42 Å². The van der Waals surface area contributed by atoms with E-state index in [1.165, 1.54) is 0 Å². The lowest BCUT2D eigenvalue weighted by Gasteiger charge is -2.12. The highest BCUT2D eigenvalue weighted by Crippen LogP contribution is 2.26. The molecule has 0 radical (unpaired) electrons. The van der Waals surface area contributed by atoms with Crippen molar-refractivity contribution in [1.82, 2.24) is 4.72 Å². The Morgan fingerprint density at radius 1 is 1.14 bits per heavy atom. The highest BCUT2D eigenvalue weighted by Gasteiger charge is 2.18. The minimum Gasteiger partial charge on any atom is -0.398 e. The monoisotopic (exact) mass is 432 g/mol. The number of benzene rings is 2. The topological polar surface area (TPSA) is 72.2 Å². The van der Waals surface area contributed by atoms with Crippen molar-refractivity contribution in [2.24, 2.45) is 0 Å². The van der Waals surface area contributed by atoms with Crippen LogP contribution in [0.3, 0.4) is 0 Å². The molecular weight excluding hydrogens is 420 g/mol. The fraction of sp³-hybridized carbons (Fsp3) is 0.143. The van der Waals surface area contributed by atoms with Crippen molar-refractivity contribution >= 4 is 47.6 Å². The fourth-order valence-corrected chi connectivity index (χ4v) is 4.25. The summed E-state index contributed by atoms with van der Waals surface area (Å²) in [5.74, 6) is 0. The third-order valence-electron chi connectivity index (χ3n) is 3.01. The molecule has 4 nitrogen and oxygen atoms in total. The number of nitrogen functional groups attached to an aromatic ring is 1. The van der Waals surface area contributed by atoms with E-state index in [1.807, 2.05) is 24.3 Å². The SMILES string of the molecule is Cc1c(N)cc(Br)cc1S(=O)(=O)NCc1cccc(Br)c1. The van der Waals surface area contributed by atoms with E-state index in [9.17, 15) is 8.42 Å². The summed E-state index contributed by atoms with van der Waals surface area (Å²) in [6, 6.07) is 10.7. The molecule has 0 fully saturated rings. The number of anilines is 1. The molecule has 0 aliphatic carbocycles. The summed E-state index contributed by atoms with van der Waals surface area (Å²) in [6.07, 6.45) is 0. The smallest absolute Gasteiger partial charge is 0.241 e. The van der Waals surface area contributed by atoms with Gasteiger partial charge < -0.3 is 5.73 Å². The van der Waals surface area contributed by atoms with E-state index in [0.29, 0.717) is 15.7 Å². The van der Waals surface area contributed by atoms with Gasteiger partial charge in [-0.3, -0.25) is 0 Å². The van der Waals surface area contributed by atoms with Crippen LogP contribution in [0.2, 0.25) is 0 Å². The van der Waals surface area contributed by atoms with Crippen LogP contribution in [-0.2, 0) is 16.6 Å². The molecule has 112 valence electrons. The first-order valence-corrected chi connectivity index (χ1v) is 9.16. The van der Waals surface area contributed by atoms with Gasteiger partial charge in [-0.2, -0.15) is 0 Å². The fourth-order valence-electron chi connectivity index (χ4n) is 1.86. The highest BCUT2D eigenvalue weighted by atomic mass is 79.9. The molecule has 3 N–H and O–H groups in total. The van der Waals surface area contributed by atoms with Gasteiger partial charge in [-0.1, -0.05) is 44.0 Å². The predicted octanol–water partition coefficient (Wildman–Crippen LogP) is 3.58. The molecular formula is C14H14Br2N2O2S. The van der Waals surface area contributed by atoms with Gasteiger partial charge in [0.25, 0.3) is 0 Å². The third-order valence-corrected chi connectivity index (χ3v) is 5.49. The van der Waals surface area contributed by atoms with Crippen molar-refractivity contribution in [2.45, 2.75) is 18.4 Å². The molecule has 0 aliphatic heterocycles. The maximum absolute atomic E-state index is 12.4. The van der Waals surface area contributed by atoms with E-state index in [2.05, 4.69) is 36.6 Å². The van der Waals surface area contributed by atoms with Crippen molar-refractivity contribution in [3.05, 3.63) is 56.5 Å². The Balaban J connectivity index is 2.27. The van der Waals surface area contributed by atoms with Crippen molar-refractivity contribution in [1.29, 1.82) is 0 Å². The van der Waals surface area contributed by atoms with Crippen molar-refractivity contribution in [2.75, 3.05) is 5.73 Å². The van der Waals surface area contributed by atoms with Crippen LogP contribution in [0.4, 0.5) is 5.69 Å². The van der Waals surface area contributed by atoms with E-state index >= 15 is 0 Å². The predicted molar refractivity (Wildman–Crippen MR) is 91.5 cm³/mol. The molecule has 7 heteroatoms. The van der Waals surface area contributed by atoms with E-state index < -0.39 is 10.0 Å². The number of nitrogens with one attached hydrogen (secondary N) is 1. The Morgan fingerprint density at radius 2 is 1.86 bits per heavy atom. The molecule has 0 saturated carbocycles. The number of sulfonamides is 1. The molecule has 0 aromatic heterocycles. The van der Waals surface area contributed by atoms with Crippen molar-refractivity contribution < 1.29 is 8.42 Å². The van der Waals surface area contributed by atoms with E-state index in [-0.39, 0.29) is 11.4 Å². The number of halogens is 2. The molecule has 0 saturated heterocycles. The second-order valence-corrected chi connectivity index (χ2v) is 8.14. The second kappa shape index (κ2) is 6.48. The molecule has 0 unspecified atom stereocenters. The Hall–Kier alpha value is -0.890. The van der Waals surface area contributed by atoms with Gasteiger partial charge in [-0.05, 0) is 42.3 Å². The van der Waals surface area contributed by atoms with Crippen LogP contribution in [0.25, 0.3) is 0 Å². The Bertz CT molecular complexity index is 777. The zero-order chi connectivity index (χ0) is 15.6. The molecule has 2 aromatic rings. The first kappa shape index (κ1) is 16.5. The van der Waals surface area contributed by atoms with Crippen LogP contribution in [0, 0.1) is 6.92 Å². The number of hydrogen-bond acceptors (Lipinski definition) is 3. The molecule has 0 atom stereocenters. The standard InChI is InChI=1S/C14H14Br2N2O2S/c1-9-13(17)6-12(16)7-14(9)21(19,20)18-8-10-3-2-4-11(15)5-10/h2-7,18H,8,17H2,1H3. The highest BCUT2D eigenvalue weighted by molar-refractivity contribution is 9.10. The van der Waals surface area contributed by atoms with Gasteiger partial charge in [-0.25, -0.2) is 13.1 Å². The second-order valence-electron chi connectivity index (χ2n) is 4.57. The maximum atomic E-state index is 12.4. The van der Waals surface area contributed by atoms with Crippen LogP contribution in [0.1, 0.15) is 11.1 Å². The number of hydrogen-bond donors (Lipinski definition) is 2. The van der Waals surface area contributed by atoms with Crippen LogP contribution >= 0.6 is 31.9 Å². The van der Waals surface area contributed by atoms with Gasteiger partial charge >= 0.3 is 0 Å². The summed E-state index contributed by atoms with van der Waals surface area (Å²) in [5, 5.41) is 0. The average Bonchev–Trinajstić information content (AvgIpc) is 2.41. The van der Waals surface area contributed by atoms with Gasteiger partial charge in [0.05, 0.1) is 4.90 Å². The lowest BCUT2D eigenvalue weighted by molar-refractivity contribution is 0.580. The van der Waals surface area contributed by atoms with Crippen LogP contribution in [0.5, 0.6) is 0 Å². The summed E-state index contributed by atoms with van der Waals surface area (Å²) >= 11 is 6.62. The average molecular weight is 434 g/mol. The molecule has 2 rings (SSSR count). The minimum absolute atomic E-state index is 0.185. The number of rotatable bonds is 4. The zero-order valence-corrected chi connectivity index (χ0v) is 15.2. The first-order valence-electron chi connectivity index (χ1n) is 6.09. The Kier molecular flexibility index (Phi) is 5.08. The van der Waals surface area contributed by atoms with Gasteiger partial charge in [-0.15, -0.1) is 0 Å². The van der Waals surface area contributed by atoms with E-state index in [0.717, 1.165) is 10.0 Å². The number of nitrogens with two attached hydrogens (primary N) is 1. The summed E-state index contributed by atoms with van der Waals surface area (Å²) in [7, 11) is -3.62.